The molecule has 0 aliphatic carbocycles. The van der Waals surface area contributed by atoms with Gasteiger partial charge in [0.05, 0.1) is 37.5 Å². The van der Waals surface area contributed by atoms with E-state index in [1.807, 2.05) is 36.4 Å². The number of ether oxygens (including phenoxy) is 3. The molecular weight excluding hydrogens is 370 g/mol. The number of fused-ring (bicyclic) bond motifs is 1. The third-order valence-corrected chi connectivity index (χ3v) is 5.37. The van der Waals surface area contributed by atoms with Crippen LogP contribution in [-0.4, -0.2) is 49.9 Å². The van der Waals surface area contributed by atoms with Crippen molar-refractivity contribution in [2.24, 2.45) is 0 Å². The van der Waals surface area contributed by atoms with Crippen LogP contribution < -0.4 is 14.4 Å². The zero-order valence-electron chi connectivity index (χ0n) is 16.9. The molecule has 7 nitrogen and oxygen atoms in total. The van der Waals surface area contributed by atoms with Crippen molar-refractivity contribution in [3.8, 4) is 11.5 Å². The molecular formula is C22H25N3O4. The van der Waals surface area contributed by atoms with Crippen molar-refractivity contribution in [2.75, 3.05) is 39.4 Å². The monoisotopic (exact) mass is 395 g/mol. The van der Waals surface area contributed by atoms with Crippen molar-refractivity contribution >= 4 is 22.6 Å². The van der Waals surface area contributed by atoms with Crippen LogP contribution in [0.1, 0.15) is 18.2 Å². The van der Waals surface area contributed by atoms with Crippen LogP contribution in [0.2, 0.25) is 0 Å². The average molecular weight is 395 g/mol. The lowest BCUT2D eigenvalue weighted by molar-refractivity contribution is -0.117. The molecule has 1 fully saturated rings. The van der Waals surface area contributed by atoms with E-state index in [-0.39, 0.29) is 11.8 Å². The van der Waals surface area contributed by atoms with Crippen LogP contribution >= 0.6 is 0 Å². The second-order valence-corrected chi connectivity index (χ2v) is 7.05. The first-order chi connectivity index (χ1) is 14.2. The lowest BCUT2D eigenvalue weighted by Gasteiger charge is -2.20. The fraction of sp³-hybridized carbons (Fsp3) is 0.364. The summed E-state index contributed by atoms with van der Waals surface area (Å²) in [5.74, 6) is 2.28. The van der Waals surface area contributed by atoms with Gasteiger partial charge in [0.25, 0.3) is 0 Å². The Balaban J connectivity index is 1.70. The average Bonchev–Trinajstić information content (AvgIpc) is 3.32. The van der Waals surface area contributed by atoms with E-state index in [4.69, 9.17) is 19.2 Å². The number of rotatable bonds is 7. The Labute approximate surface area is 169 Å². The lowest BCUT2D eigenvalue weighted by Crippen LogP contribution is -2.25. The Hall–Kier alpha value is -3.06. The quantitative estimate of drug-likeness (QED) is 0.615. The number of hydrogen-bond acceptors (Lipinski definition) is 5. The highest BCUT2D eigenvalue weighted by Gasteiger charge is 2.36. The van der Waals surface area contributed by atoms with Gasteiger partial charge in [0, 0.05) is 38.6 Å². The van der Waals surface area contributed by atoms with Crippen molar-refractivity contribution in [1.82, 2.24) is 9.55 Å². The number of carbonyl (C=O) groups is 1. The molecule has 1 aromatic heterocycles. The number of imidazole rings is 1. The first kappa shape index (κ1) is 19.3. The van der Waals surface area contributed by atoms with Crippen molar-refractivity contribution in [2.45, 2.75) is 18.9 Å². The van der Waals surface area contributed by atoms with Crippen LogP contribution in [0.25, 0.3) is 11.0 Å². The molecule has 1 aliphatic rings. The normalized spacial score (nSPS) is 16.6. The summed E-state index contributed by atoms with van der Waals surface area (Å²) >= 11 is 0. The fourth-order valence-corrected chi connectivity index (χ4v) is 3.94. The molecule has 0 saturated carbocycles. The Morgan fingerprint density at radius 1 is 1.10 bits per heavy atom. The van der Waals surface area contributed by atoms with Crippen LogP contribution in [0.3, 0.4) is 0 Å². The molecule has 152 valence electrons. The Morgan fingerprint density at radius 2 is 1.93 bits per heavy atom. The number of nitrogens with zero attached hydrogens (tertiary/aromatic N) is 3. The molecule has 0 unspecified atom stereocenters. The van der Waals surface area contributed by atoms with Crippen LogP contribution in [-0.2, 0) is 16.1 Å². The minimum Gasteiger partial charge on any atom is -0.497 e. The van der Waals surface area contributed by atoms with Crippen LogP contribution in [0.4, 0.5) is 5.69 Å². The first-order valence-electron chi connectivity index (χ1n) is 9.62. The molecule has 2 aromatic carbocycles. The number of hydrogen-bond donors (Lipinski definition) is 0. The van der Waals surface area contributed by atoms with Crippen molar-refractivity contribution in [3.63, 3.8) is 0 Å². The summed E-state index contributed by atoms with van der Waals surface area (Å²) in [6.45, 7) is 1.82. The first-order valence-corrected chi connectivity index (χ1v) is 9.62. The molecule has 0 N–H and O–H groups in total. The number of anilines is 1. The van der Waals surface area contributed by atoms with Gasteiger partial charge < -0.3 is 23.7 Å². The number of amides is 1. The van der Waals surface area contributed by atoms with E-state index in [0.29, 0.717) is 37.6 Å². The summed E-state index contributed by atoms with van der Waals surface area (Å²) in [6.07, 6.45) is 0.399. The predicted octanol–water partition coefficient (Wildman–Crippen LogP) is 3.22. The molecule has 4 rings (SSSR count). The van der Waals surface area contributed by atoms with E-state index in [0.717, 1.165) is 22.5 Å². The standard InChI is InChI=1S/C22H25N3O4/c1-27-11-10-24-18-7-5-4-6-17(18)23-22(24)15-12-21(26)25(14-15)19-13-16(28-2)8-9-20(19)29-3/h4-9,13,15H,10-12,14H2,1-3H3/t15-/m0/s1. The van der Waals surface area contributed by atoms with Gasteiger partial charge in [0.1, 0.15) is 17.3 Å². The topological polar surface area (TPSA) is 65.8 Å². The van der Waals surface area contributed by atoms with E-state index in [9.17, 15) is 4.79 Å². The second kappa shape index (κ2) is 8.13. The fourth-order valence-electron chi connectivity index (χ4n) is 3.94. The highest BCUT2D eigenvalue weighted by atomic mass is 16.5. The van der Waals surface area contributed by atoms with E-state index >= 15 is 0 Å². The maximum absolute atomic E-state index is 12.9. The Kier molecular flexibility index (Phi) is 5.40. The Morgan fingerprint density at radius 3 is 2.69 bits per heavy atom. The highest BCUT2D eigenvalue weighted by Crippen LogP contribution is 2.39. The van der Waals surface area contributed by atoms with Gasteiger partial charge in [0.15, 0.2) is 0 Å². The van der Waals surface area contributed by atoms with Gasteiger partial charge >= 0.3 is 0 Å². The SMILES string of the molecule is COCCn1c([C@H]2CC(=O)N(c3cc(OC)ccc3OC)C2)nc2ccccc21. The molecule has 7 heteroatoms. The van der Waals surface area contributed by atoms with Gasteiger partial charge in [-0.15, -0.1) is 0 Å². The third-order valence-electron chi connectivity index (χ3n) is 5.37. The molecule has 0 radical (unpaired) electrons. The van der Waals surface area contributed by atoms with Gasteiger partial charge in [-0.2, -0.15) is 0 Å². The molecule has 0 spiro atoms. The lowest BCUT2D eigenvalue weighted by atomic mass is 10.1. The molecule has 29 heavy (non-hydrogen) atoms. The molecule has 3 aromatic rings. The largest absolute Gasteiger partial charge is 0.497 e. The minimum absolute atomic E-state index is 0.0114. The number of benzene rings is 2. The summed E-state index contributed by atoms with van der Waals surface area (Å²) in [4.78, 5) is 19.6. The number of carbonyl (C=O) groups excluding carboxylic acids is 1. The van der Waals surface area contributed by atoms with E-state index in [2.05, 4.69) is 10.6 Å². The molecule has 1 aliphatic heterocycles. The number of para-hydroxylation sites is 2. The van der Waals surface area contributed by atoms with Crippen molar-refractivity contribution in [1.29, 1.82) is 0 Å². The number of aromatic nitrogens is 2. The van der Waals surface area contributed by atoms with E-state index in [1.165, 1.54) is 0 Å². The Bertz CT molecular complexity index is 1030. The number of methoxy groups -OCH3 is 3. The van der Waals surface area contributed by atoms with Gasteiger partial charge in [0.2, 0.25) is 5.91 Å². The smallest absolute Gasteiger partial charge is 0.227 e. The summed E-state index contributed by atoms with van der Waals surface area (Å²) < 4.78 is 18.3. The van der Waals surface area contributed by atoms with Crippen molar-refractivity contribution < 1.29 is 19.0 Å². The molecule has 1 saturated heterocycles. The van der Waals surface area contributed by atoms with E-state index in [1.54, 1.807) is 26.2 Å². The maximum Gasteiger partial charge on any atom is 0.227 e. The van der Waals surface area contributed by atoms with Crippen molar-refractivity contribution in [3.05, 3.63) is 48.3 Å². The molecule has 0 bridgehead atoms. The molecule has 2 heterocycles. The predicted molar refractivity (Wildman–Crippen MR) is 111 cm³/mol. The van der Waals surface area contributed by atoms with Crippen LogP contribution in [0.15, 0.2) is 42.5 Å². The van der Waals surface area contributed by atoms with Gasteiger partial charge in [-0.3, -0.25) is 4.79 Å². The van der Waals surface area contributed by atoms with Gasteiger partial charge in [-0.25, -0.2) is 4.98 Å². The molecule has 1 atom stereocenters. The third kappa shape index (κ3) is 3.53. The summed E-state index contributed by atoms with van der Waals surface area (Å²) in [5.41, 5.74) is 2.71. The zero-order chi connectivity index (χ0) is 20.4. The summed E-state index contributed by atoms with van der Waals surface area (Å²) in [5, 5.41) is 0. The highest BCUT2D eigenvalue weighted by molar-refractivity contribution is 5.98. The van der Waals surface area contributed by atoms with E-state index < -0.39 is 0 Å². The second-order valence-electron chi connectivity index (χ2n) is 7.05. The molecule has 1 amide bonds. The van der Waals surface area contributed by atoms with Crippen LogP contribution in [0, 0.1) is 0 Å². The summed E-state index contributed by atoms with van der Waals surface area (Å²) in [6, 6.07) is 13.5. The summed E-state index contributed by atoms with van der Waals surface area (Å²) in [7, 11) is 4.90. The minimum atomic E-state index is -0.0114. The van der Waals surface area contributed by atoms with Gasteiger partial charge in [-0.1, -0.05) is 12.1 Å². The van der Waals surface area contributed by atoms with Gasteiger partial charge in [-0.05, 0) is 24.3 Å². The maximum atomic E-state index is 12.9. The van der Waals surface area contributed by atoms with Crippen LogP contribution in [0.5, 0.6) is 11.5 Å². The zero-order valence-corrected chi connectivity index (χ0v) is 16.9.